The van der Waals surface area contributed by atoms with Crippen LogP contribution in [0.4, 0.5) is 5.69 Å². The maximum absolute atomic E-state index is 12.3. The van der Waals surface area contributed by atoms with Gasteiger partial charge in [-0.1, -0.05) is 0 Å². The molecule has 0 N–H and O–H groups in total. The third kappa shape index (κ3) is 1.55. The van der Waals surface area contributed by atoms with Gasteiger partial charge in [0.15, 0.2) is 0 Å². The number of carbonyl (C=O) groups excluding carboxylic acids is 1. The minimum absolute atomic E-state index is 0.133. The van der Waals surface area contributed by atoms with Crippen molar-refractivity contribution in [3.63, 3.8) is 0 Å². The molecule has 0 aromatic heterocycles. The van der Waals surface area contributed by atoms with Crippen molar-refractivity contribution in [2.45, 2.75) is 18.9 Å². The lowest BCUT2D eigenvalue weighted by Crippen LogP contribution is -2.35. The molecule has 2 aliphatic rings. The van der Waals surface area contributed by atoms with Crippen molar-refractivity contribution in [2.75, 3.05) is 6.54 Å². The van der Waals surface area contributed by atoms with Crippen LogP contribution in [0.15, 0.2) is 23.2 Å². The van der Waals surface area contributed by atoms with Crippen LogP contribution in [0.2, 0.25) is 0 Å². The molecule has 0 radical (unpaired) electrons. The largest absolute Gasteiger partial charge is 0.331 e. The van der Waals surface area contributed by atoms with Crippen LogP contribution in [-0.2, 0) is 0 Å². The SMILES string of the molecule is O=C1c2cc(I)ccc2N=C[C@H]2CCCN12. The zero-order valence-electron chi connectivity index (χ0n) is 8.69. The molecule has 0 spiro atoms. The highest BCUT2D eigenvalue weighted by atomic mass is 127. The van der Waals surface area contributed by atoms with E-state index < -0.39 is 0 Å². The van der Waals surface area contributed by atoms with Gasteiger partial charge in [-0.05, 0) is 53.6 Å². The quantitative estimate of drug-likeness (QED) is 0.675. The standard InChI is InChI=1S/C12H11IN2O/c13-8-3-4-11-10(6-8)12(16)15-5-1-2-9(15)7-14-11/h3-4,6-7,9H,1-2,5H2/t9-/m1/s1. The first-order valence-electron chi connectivity index (χ1n) is 5.40. The fourth-order valence-electron chi connectivity index (χ4n) is 2.31. The molecule has 1 fully saturated rings. The molecule has 1 aromatic rings. The van der Waals surface area contributed by atoms with E-state index in [1.807, 2.05) is 29.3 Å². The lowest BCUT2D eigenvalue weighted by Gasteiger charge is -2.19. The lowest BCUT2D eigenvalue weighted by molar-refractivity contribution is 0.0775. The molecular formula is C12H11IN2O. The Morgan fingerprint density at radius 3 is 3.19 bits per heavy atom. The van der Waals surface area contributed by atoms with E-state index in [1.54, 1.807) is 0 Å². The van der Waals surface area contributed by atoms with Crippen LogP contribution in [0.1, 0.15) is 23.2 Å². The van der Waals surface area contributed by atoms with Crippen LogP contribution in [0.25, 0.3) is 0 Å². The minimum atomic E-state index is 0.133. The van der Waals surface area contributed by atoms with E-state index in [2.05, 4.69) is 27.6 Å². The number of benzene rings is 1. The van der Waals surface area contributed by atoms with Gasteiger partial charge in [0.2, 0.25) is 0 Å². The molecular weight excluding hydrogens is 315 g/mol. The summed E-state index contributed by atoms with van der Waals surface area (Å²) in [7, 11) is 0. The van der Waals surface area contributed by atoms with E-state index in [0.717, 1.165) is 34.2 Å². The third-order valence-corrected chi connectivity index (χ3v) is 3.81. The highest BCUT2D eigenvalue weighted by Crippen LogP contribution is 2.29. The second-order valence-electron chi connectivity index (χ2n) is 4.15. The molecule has 2 aliphatic heterocycles. The van der Waals surface area contributed by atoms with E-state index in [-0.39, 0.29) is 11.9 Å². The van der Waals surface area contributed by atoms with E-state index in [0.29, 0.717) is 0 Å². The third-order valence-electron chi connectivity index (χ3n) is 3.13. The van der Waals surface area contributed by atoms with Crippen molar-refractivity contribution < 1.29 is 4.79 Å². The molecule has 4 heteroatoms. The van der Waals surface area contributed by atoms with Gasteiger partial charge in [0.05, 0.1) is 17.3 Å². The van der Waals surface area contributed by atoms with Crippen LogP contribution in [-0.4, -0.2) is 29.6 Å². The van der Waals surface area contributed by atoms with Crippen molar-refractivity contribution in [1.29, 1.82) is 0 Å². The normalized spacial score (nSPS) is 22.9. The molecule has 0 aliphatic carbocycles. The first kappa shape index (κ1) is 10.3. The fourth-order valence-corrected chi connectivity index (χ4v) is 2.80. The number of nitrogens with zero attached hydrogens (tertiary/aromatic N) is 2. The summed E-state index contributed by atoms with van der Waals surface area (Å²) in [5.74, 6) is 0.133. The topological polar surface area (TPSA) is 32.7 Å². The van der Waals surface area contributed by atoms with Gasteiger partial charge in [0.1, 0.15) is 0 Å². The van der Waals surface area contributed by atoms with Crippen molar-refractivity contribution in [2.24, 2.45) is 4.99 Å². The Labute approximate surface area is 108 Å². The summed E-state index contributed by atoms with van der Waals surface area (Å²) in [6.45, 7) is 0.862. The van der Waals surface area contributed by atoms with Crippen LogP contribution in [0, 0.1) is 3.57 Å². The van der Waals surface area contributed by atoms with Crippen LogP contribution < -0.4 is 0 Å². The van der Waals surface area contributed by atoms with Crippen molar-refractivity contribution in [1.82, 2.24) is 4.90 Å². The van der Waals surface area contributed by atoms with E-state index in [9.17, 15) is 4.79 Å². The van der Waals surface area contributed by atoms with Crippen molar-refractivity contribution >= 4 is 40.4 Å². The summed E-state index contributed by atoms with van der Waals surface area (Å²) in [4.78, 5) is 18.7. The van der Waals surface area contributed by atoms with Gasteiger partial charge in [-0.2, -0.15) is 0 Å². The molecule has 1 amide bonds. The van der Waals surface area contributed by atoms with Gasteiger partial charge < -0.3 is 4.90 Å². The van der Waals surface area contributed by atoms with Gasteiger partial charge in [-0.25, -0.2) is 0 Å². The predicted molar refractivity (Wildman–Crippen MR) is 71.4 cm³/mol. The first-order valence-corrected chi connectivity index (χ1v) is 6.48. The number of hydrogen-bond donors (Lipinski definition) is 0. The summed E-state index contributed by atoms with van der Waals surface area (Å²) in [5.41, 5.74) is 1.55. The van der Waals surface area contributed by atoms with Gasteiger partial charge in [-0.15, -0.1) is 0 Å². The van der Waals surface area contributed by atoms with E-state index >= 15 is 0 Å². The number of rotatable bonds is 0. The summed E-state index contributed by atoms with van der Waals surface area (Å²) in [6.07, 6.45) is 4.05. The number of amides is 1. The Morgan fingerprint density at radius 2 is 2.31 bits per heavy atom. The van der Waals surface area contributed by atoms with Gasteiger partial charge in [0, 0.05) is 16.3 Å². The molecule has 82 valence electrons. The van der Waals surface area contributed by atoms with E-state index in [1.165, 1.54) is 0 Å². The average molecular weight is 326 g/mol. The smallest absolute Gasteiger partial charge is 0.256 e. The van der Waals surface area contributed by atoms with Gasteiger partial charge in [0.25, 0.3) is 5.91 Å². The molecule has 2 heterocycles. The molecule has 0 unspecified atom stereocenters. The van der Waals surface area contributed by atoms with Gasteiger partial charge >= 0.3 is 0 Å². The van der Waals surface area contributed by atoms with E-state index in [4.69, 9.17) is 0 Å². The summed E-state index contributed by atoms with van der Waals surface area (Å²) in [6, 6.07) is 6.04. The van der Waals surface area contributed by atoms with Crippen molar-refractivity contribution in [3.05, 3.63) is 27.3 Å². The second kappa shape index (κ2) is 3.84. The highest BCUT2D eigenvalue weighted by Gasteiger charge is 2.31. The summed E-state index contributed by atoms with van der Waals surface area (Å²) >= 11 is 2.23. The minimum Gasteiger partial charge on any atom is -0.331 e. The number of halogens is 1. The summed E-state index contributed by atoms with van der Waals surface area (Å²) < 4.78 is 1.08. The highest BCUT2D eigenvalue weighted by molar-refractivity contribution is 14.1. The Bertz CT molecular complexity index is 484. The average Bonchev–Trinajstić information content (AvgIpc) is 2.70. The zero-order valence-corrected chi connectivity index (χ0v) is 10.8. The Morgan fingerprint density at radius 1 is 1.44 bits per heavy atom. The molecule has 1 saturated heterocycles. The number of aliphatic imine (C=N–C) groups is 1. The van der Waals surface area contributed by atoms with Gasteiger partial charge in [-0.3, -0.25) is 9.79 Å². The molecule has 1 atom stereocenters. The van der Waals surface area contributed by atoms with Crippen LogP contribution in [0.3, 0.4) is 0 Å². The number of carbonyl (C=O) groups is 1. The molecule has 0 saturated carbocycles. The van der Waals surface area contributed by atoms with Crippen LogP contribution >= 0.6 is 22.6 Å². The maximum Gasteiger partial charge on any atom is 0.256 e. The Balaban J connectivity index is 2.12. The van der Waals surface area contributed by atoms with Crippen molar-refractivity contribution in [3.8, 4) is 0 Å². The first-order chi connectivity index (χ1) is 7.75. The predicted octanol–water partition coefficient (Wildman–Crippen LogP) is 2.61. The van der Waals surface area contributed by atoms with Crippen LogP contribution in [0.5, 0.6) is 0 Å². The maximum atomic E-state index is 12.3. The lowest BCUT2D eigenvalue weighted by atomic mass is 10.1. The molecule has 3 rings (SSSR count). The summed E-state index contributed by atoms with van der Waals surface area (Å²) in [5, 5.41) is 0. The molecule has 1 aromatic carbocycles. The second-order valence-corrected chi connectivity index (χ2v) is 5.39. The number of fused-ring (bicyclic) bond motifs is 2. The number of hydrogen-bond acceptors (Lipinski definition) is 2. The Hall–Kier alpha value is -0.910. The monoisotopic (exact) mass is 326 g/mol. The molecule has 3 nitrogen and oxygen atoms in total. The molecule has 0 bridgehead atoms. The Kier molecular flexibility index (Phi) is 2.46. The molecule has 16 heavy (non-hydrogen) atoms. The fraction of sp³-hybridized carbons (Fsp3) is 0.333. The zero-order chi connectivity index (χ0) is 11.1.